The van der Waals surface area contributed by atoms with Crippen molar-refractivity contribution in [3.8, 4) is 0 Å². The predicted molar refractivity (Wildman–Crippen MR) is 142 cm³/mol. The lowest BCUT2D eigenvalue weighted by atomic mass is 9.94. The van der Waals surface area contributed by atoms with Crippen LogP contribution in [0.25, 0.3) is 22.6 Å². The minimum Gasteiger partial charge on any atom is -0.373 e. The van der Waals surface area contributed by atoms with Crippen molar-refractivity contribution >= 4 is 40.1 Å². The molecule has 1 aliphatic heterocycles. The van der Waals surface area contributed by atoms with Gasteiger partial charge in [0.25, 0.3) is 0 Å². The lowest BCUT2D eigenvalue weighted by Crippen LogP contribution is -2.24. The molecule has 3 nitrogen and oxygen atoms in total. The summed E-state index contributed by atoms with van der Waals surface area (Å²) in [6.07, 6.45) is 9.52. The zero-order valence-corrected chi connectivity index (χ0v) is 19.8. The van der Waals surface area contributed by atoms with E-state index < -0.39 is 0 Å². The number of hydrogen-bond donors (Lipinski definition) is 0. The molecule has 1 aromatic heterocycles. The van der Waals surface area contributed by atoms with E-state index in [0.29, 0.717) is 0 Å². The Bertz CT molecular complexity index is 1180. The Morgan fingerprint density at radius 1 is 1.16 bits per heavy atom. The highest BCUT2D eigenvalue weighted by molar-refractivity contribution is 5.93. The number of rotatable bonds is 8. The van der Waals surface area contributed by atoms with Crippen LogP contribution in [0, 0.1) is 0 Å². The van der Waals surface area contributed by atoms with Crippen molar-refractivity contribution < 1.29 is 0 Å². The Hall–Kier alpha value is -3.07. The first-order chi connectivity index (χ1) is 15.5. The molecule has 0 atom stereocenters. The van der Waals surface area contributed by atoms with E-state index in [2.05, 4.69) is 86.1 Å². The molecule has 1 aliphatic rings. The van der Waals surface area contributed by atoms with Gasteiger partial charge in [0.2, 0.25) is 0 Å². The van der Waals surface area contributed by atoms with Gasteiger partial charge < -0.3 is 9.47 Å². The lowest BCUT2D eigenvalue weighted by Gasteiger charge is -2.29. The quantitative estimate of drug-likeness (QED) is 0.340. The molecule has 0 saturated heterocycles. The molecule has 0 radical (unpaired) electrons. The monoisotopic (exact) mass is 425 g/mol. The summed E-state index contributed by atoms with van der Waals surface area (Å²) < 4.78 is 2.40. The Kier molecular flexibility index (Phi) is 6.64. The summed E-state index contributed by atoms with van der Waals surface area (Å²) in [7, 11) is 2.18. The maximum Gasteiger partial charge on any atom is 0.0872 e. The van der Waals surface area contributed by atoms with E-state index in [4.69, 9.17) is 4.99 Å². The van der Waals surface area contributed by atoms with E-state index in [9.17, 15) is 0 Å². The van der Waals surface area contributed by atoms with Crippen molar-refractivity contribution in [2.75, 3.05) is 18.5 Å². The predicted octanol–water partition coefficient (Wildman–Crippen LogP) is 7.64. The van der Waals surface area contributed by atoms with Crippen molar-refractivity contribution in [2.24, 2.45) is 4.99 Å². The first kappa shape index (κ1) is 22.1. The van der Waals surface area contributed by atoms with Crippen molar-refractivity contribution in [1.82, 2.24) is 4.57 Å². The lowest BCUT2D eigenvalue weighted by molar-refractivity contribution is 0.647. The Morgan fingerprint density at radius 2 is 2.00 bits per heavy atom. The average Bonchev–Trinajstić information content (AvgIpc) is 3.16. The van der Waals surface area contributed by atoms with Crippen molar-refractivity contribution in [3.05, 3.63) is 71.9 Å². The molecule has 0 saturated carbocycles. The molecule has 166 valence electrons. The van der Waals surface area contributed by atoms with Crippen molar-refractivity contribution in [1.29, 1.82) is 0 Å². The Morgan fingerprint density at radius 3 is 2.75 bits per heavy atom. The van der Waals surface area contributed by atoms with E-state index in [0.717, 1.165) is 55.7 Å². The van der Waals surface area contributed by atoms with Crippen LogP contribution in [0.1, 0.15) is 61.9 Å². The van der Waals surface area contributed by atoms with Gasteiger partial charge in [-0.2, -0.15) is 0 Å². The molecule has 0 N–H and O–H groups in total. The van der Waals surface area contributed by atoms with Crippen molar-refractivity contribution in [2.45, 2.75) is 52.5 Å². The molecule has 0 spiro atoms. The highest BCUT2D eigenvalue weighted by atomic mass is 15.1. The molecule has 3 aromatic rings. The zero-order chi connectivity index (χ0) is 22.7. The summed E-state index contributed by atoms with van der Waals surface area (Å²) in [4.78, 5) is 7.43. The number of anilines is 1. The number of nitrogens with zero attached hydrogens (tertiary/aromatic N) is 3. The van der Waals surface area contributed by atoms with Crippen LogP contribution in [0.3, 0.4) is 0 Å². The second kappa shape index (κ2) is 9.60. The van der Waals surface area contributed by atoms with E-state index in [-0.39, 0.29) is 0 Å². The molecule has 0 unspecified atom stereocenters. The molecule has 0 amide bonds. The SMILES string of the molecule is C=Cc1ccc2cc(C=Nc3cc(C(=C)CC)cc4c3N(C)CCC4)n(CCCC)c2c1. The van der Waals surface area contributed by atoms with Crippen LogP contribution in [0.15, 0.2) is 54.5 Å². The number of unbranched alkanes of at least 4 members (excludes halogenated alkanes) is 1. The number of aryl methyl sites for hydroxylation is 2. The molecule has 0 bridgehead atoms. The summed E-state index contributed by atoms with van der Waals surface area (Å²) in [5, 5.41) is 1.25. The number of allylic oxidation sites excluding steroid dienone is 1. The van der Waals surface area contributed by atoms with Gasteiger partial charge in [0, 0.05) is 31.0 Å². The number of aliphatic imine (C=N–C) groups is 1. The second-order valence-corrected chi connectivity index (χ2v) is 8.84. The van der Waals surface area contributed by atoms with Gasteiger partial charge in [-0.25, -0.2) is 0 Å². The van der Waals surface area contributed by atoms with Crippen LogP contribution < -0.4 is 4.90 Å². The van der Waals surface area contributed by atoms with Gasteiger partial charge in [0.05, 0.1) is 23.3 Å². The number of hydrogen-bond acceptors (Lipinski definition) is 2. The van der Waals surface area contributed by atoms with Gasteiger partial charge in [-0.3, -0.25) is 4.99 Å². The fraction of sp³-hybridized carbons (Fsp3) is 0.345. The summed E-state index contributed by atoms with van der Waals surface area (Å²) >= 11 is 0. The standard InChI is InChI=1S/C29H35N3/c1-6-9-15-32-26(18-23-13-12-22(8-3)16-28(23)32)20-30-27-19-25(21(4)7-2)17-24-11-10-14-31(5)29(24)27/h8,12-13,16-20H,3-4,6-7,9-11,14-15H2,1-2,5H3. The average molecular weight is 426 g/mol. The first-order valence-electron chi connectivity index (χ1n) is 11.9. The molecule has 3 heteroatoms. The van der Waals surface area contributed by atoms with E-state index >= 15 is 0 Å². The minimum atomic E-state index is 0.953. The third-order valence-corrected chi connectivity index (χ3v) is 6.59. The topological polar surface area (TPSA) is 20.5 Å². The van der Waals surface area contributed by atoms with Crippen LogP contribution in [-0.2, 0) is 13.0 Å². The van der Waals surface area contributed by atoms with Gasteiger partial charge in [-0.05, 0) is 72.2 Å². The summed E-state index contributed by atoms with van der Waals surface area (Å²) in [5.41, 5.74) is 9.66. The Labute approximate surface area is 192 Å². The highest BCUT2D eigenvalue weighted by Crippen LogP contribution is 2.39. The molecule has 2 heterocycles. The molecule has 0 aliphatic carbocycles. The van der Waals surface area contributed by atoms with Crippen LogP contribution in [0.4, 0.5) is 11.4 Å². The summed E-state index contributed by atoms with van der Waals surface area (Å²) in [5.74, 6) is 0. The normalized spacial score (nSPS) is 13.7. The van der Waals surface area contributed by atoms with Gasteiger partial charge in [-0.15, -0.1) is 0 Å². The first-order valence-corrected chi connectivity index (χ1v) is 11.9. The molecular formula is C29H35N3. The highest BCUT2D eigenvalue weighted by Gasteiger charge is 2.19. The molecular weight excluding hydrogens is 390 g/mol. The maximum atomic E-state index is 5.08. The van der Waals surface area contributed by atoms with Gasteiger partial charge in [0.15, 0.2) is 0 Å². The molecule has 2 aromatic carbocycles. The van der Waals surface area contributed by atoms with Crippen LogP contribution in [-0.4, -0.2) is 24.4 Å². The summed E-state index contributed by atoms with van der Waals surface area (Å²) in [6.45, 7) is 14.7. The van der Waals surface area contributed by atoms with E-state index in [1.165, 1.54) is 39.7 Å². The van der Waals surface area contributed by atoms with Gasteiger partial charge in [-0.1, -0.05) is 51.6 Å². The van der Waals surface area contributed by atoms with Crippen LogP contribution >= 0.6 is 0 Å². The zero-order valence-electron chi connectivity index (χ0n) is 19.8. The second-order valence-electron chi connectivity index (χ2n) is 8.84. The largest absolute Gasteiger partial charge is 0.373 e. The smallest absolute Gasteiger partial charge is 0.0872 e. The molecule has 4 rings (SSSR count). The molecule has 32 heavy (non-hydrogen) atoms. The summed E-state index contributed by atoms with van der Waals surface area (Å²) in [6, 6.07) is 13.4. The van der Waals surface area contributed by atoms with E-state index in [1.807, 2.05) is 6.08 Å². The molecule has 0 fully saturated rings. The van der Waals surface area contributed by atoms with E-state index in [1.54, 1.807) is 0 Å². The number of fused-ring (bicyclic) bond motifs is 2. The minimum absolute atomic E-state index is 0.953. The van der Waals surface area contributed by atoms with Gasteiger partial charge >= 0.3 is 0 Å². The number of aromatic nitrogens is 1. The fourth-order valence-electron chi connectivity index (χ4n) is 4.66. The third-order valence-electron chi connectivity index (χ3n) is 6.59. The fourth-order valence-corrected chi connectivity index (χ4v) is 4.66. The van der Waals surface area contributed by atoms with Gasteiger partial charge in [0.1, 0.15) is 0 Å². The van der Waals surface area contributed by atoms with Crippen LogP contribution in [0.5, 0.6) is 0 Å². The number of benzene rings is 2. The maximum absolute atomic E-state index is 5.08. The van der Waals surface area contributed by atoms with Crippen molar-refractivity contribution in [3.63, 3.8) is 0 Å². The van der Waals surface area contributed by atoms with Crippen LogP contribution in [0.2, 0.25) is 0 Å². The Balaban J connectivity index is 1.82. The third kappa shape index (κ3) is 4.29.